The Bertz CT molecular complexity index is 209. The Morgan fingerprint density at radius 3 is 2.90 bits per heavy atom. The third-order valence-electron chi connectivity index (χ3n) is 1.19. The Kier molecular flexibility index (Phi) is 3.72. The number of halogens is 1. The Morgan fingerprint density at radius 2 is 2.50 bits per heavy atom. The lowest BCUT2D eigenvalue weighted by Crippen LogP contribution is -1.98. The van der Waals surface area contributed by atoms with Crippen molar-refractivity contribution in [2.75, 3.05) is 0 Å². The third kappa shape index (κ3) is 1.84. The number of aryl methyl sites for hydroxylation is 1. The molecular weight excluding hydrogens is 152 g/mol. The van der Waals surface area contributed by atoms with Crippen molar-refractivity contribution in [2.24, 2.45) is 0 Å². The van der Waals surface area contributed by atoms with Gasteiger partial charge in [-0.3, -0.25) is 0 Å². The second kappa shape index (κ2) is 4.06. The summed E-state index contributed by atoms with van der Waals surface area (Å²) < 4.78 is 1.78. The lowest BCUT2D eigenvalue weighted by atomic mass is 10.6. The molecule has 0 atom stereocenters. The van der Waals surface area contributed by atoms with Gasteiger partial charge in [0.15, 0.2) is 0 Å². The summed E-state index contributed by atoms with van der Waals surface area (Å²) in [4.78, 5) is 13.9. The van der Waals surface area contributed by atoms with E-state index in [0.717, 1.165) is 12.1 Å². The van der Waals surface area contributed by atoms with Crippen molar-refractivity contribution >= 4 is 18.7 Å². The lowest BCUT2D eigenvalue weighted by molar-refractivity contribution is -0.108. The molecule has 1 aromatic rings. The van der Waals surface area contributed by atoms with Crippen LogP contribution in [0.25, 0.3) is 0 Å². The zero-order valence-corrected chi connectivity index (χ0v) is 6.47. The van der Waals surface area contributed by atoms with Crippen molar-refractivity contribution in [3.8, 4) is 0 Å². The number of hydrogen-bond acceptors (Lipinski definition) is 2. The molecule has 0 radical (unpaired) electrons. The molecule has 4 heteroatoms. The molecule has 0 fully saturated rings. The maximum absolute atomic E-state index is 9.98. The Labute approximate surface area is 65.5 Å². The van der Waals surface area contributed by atoms with E-state index in [2.05, 4.69) is 4.98 Å². The first-order chi connectivity index (χ1) is 4.34. The molecular formula is C6H9ClN2O. The molecule has 0 N–H and O–H groups in total. The summed E-state index contributed by atoms with van der Waals surface area (Å²) in [6, 6.07) is 0. The van der Waals surface area contributed by atoms with Crippen molar-refractivity contribution < 1.29 is 4.79 Å². The number of hydrogen-bond donors (Lipinski definition) is 0. The molecule has 0 saturated carbocycles. The predicted molar refractivity (Wildman–Crippen MR) is 40.3 cm³/mol. The Morgan fingerprint density at radius 1 is 1.80 bits per heavy atom. The van der Waals surface area contributed by atoms with Crippen LogP contribution < -0.4 is 0 Å². The van der Waals surface area contributed by atoms with Gasteiger partial charge in [-0.1, -0.05) is 0 Å². The number of aromatic nitrogens is 2. The number of carbonyl (C=O) groups excluding carboxylic acids is 1. The molecule has 0 unspecified atom stereocenters. The maximum Gasteiger partial charge on any atom is 0.139 e. The quantitative estimate of drug-likeness (QED) is 0.601. The molecule has 3 nitrogen and oxygen atoms in total. The van der Waals surface area contributed by atoms with Crippen LogP contribution in [0.15, 0.2) is 12.4 Å². The number of rotatable bonds is 2. The Balaban J connectivity index is 0.000000810. The smallest absolute Gasteiger partial charge is 0.139 e. The second-order valence-electron chi connectivity index (χ2n) is 1.79. The molecule has 0 aliphatic heterocycles. The maximum atomic E-state index is 9.98. The van der Waals surface area contributed by atoms with Crippen LogP contribution in [-0.2, 0) is 11.3 Å². The van der Waals surface area contributed by atoms with E-state index in [9.17, 15) is 4.79 Å². The van der Waals surface area contributed by atoms with E-state index in [-0.39, 0.29) is 12.4 Å². The lowest BCUT2D eigenvalue weighted by Gasteiger charge is -1.94. The van der Waals surface area contributed by atoms with Gasteiger partial charge in [0, 0.05) is 12.4 Å². The van der Waals surface area contributed by atoms with Gasteiger partial charge in [0.2, 0.25) is 0 Å². The Hall–Kier alpha value is -0.830. The average Bonchev–Trinajstić information content (AvgIpc) is 2.18. The van der Waals surface area contributed by atoms with Crippen LogP contribution in [0.1, 0.15) is 5.82 Å². The molecule has 0 aliphatic carbocycles. The van der Waals surface area contributed by atoms with Crippen molar-refractivity contribution in [1.82, 2.24) is 9.55 Å². The van der Waals surface area contributed by atoms with Crippen molar-refractivity contribution in [1.29, 1.82) is 0 Å². The van der Waals surface area contributed by atoms with Gasteiger partial charge in [-0.05, 0) is 6.92 Å². The zero-order valence-electron chi connectivity index (χ0n) is 5.65. The van der Waals surface area contributed by atoms with Crippen molar-refractivity contribution in [3.63, 3.8) is 0 Å². The van der Waals surface area contributed by atoms with E-state index in [0.29, 0.717) is 6.54 Å². The molecule has 0 spiro atoms. The molecule has 0 bridgehead atoms. The second-order valence-corrected chi connectivity index (χ2v) is 1.79. The molecule has 1 rings (SSSR count). The van der Waals surface area contributed by atoms with Crippen LogP contribution in [0.2, 0.25) is 0 Å². The zero-order chi connectivity index (χ0) is 6.69. The average molecular weight is 161 g/mol. The summed E-state index contributed by atoms with van der Waals surface area (Å²) in [7, 11) is 0. The monoisotopic (exact) mass is 160 g/mol. The largest absolute Gasteiger partial charge is 0.328 e. The van der Waals surface area contributed by atoms with Crippen LogP contribution in [0.5, 0.6) is 0 Å². The number of nitrogens with zero attached hydrogens (tertiary/aromatic N) is 2. The first kappa shape index (κ1) is 9.17. The fourth-order valence-corrected chi connectivity index (χ4v) is 0.677. The van der Waals surface area contributed by atoms with Crippen LogP contribution in [0, 0.1) is 6.92 Å². The van der Waals surface area contributed by atoms with Gasteiger partial charge in [-0.2, -0.15) is 0 Å². The summed E-state index contributed by atoms with van der Waals surface area (Å²) in [5.41, 5.74) is 0. The topological polar surface area (TPSA) is 34.9 Å². The molecule has 1 aromatic heterocycles. The van der Waals surface area contributed by atoms with Gasteiger partial charge in [-0.15, -0.1) is 12.4 Å². The predicted octanol–water partition coefficient (Wildman–Crippen LogP) is 0.812. The first-order valence-corrected chi connectivity index (χ1v) is 2.76. The molecule has 1 heterocycles. The minimum Gasteiger partial charge on any atom is -0.328 e. The standard InChI is InChI=1S/C6H8N2O.ClH/c1-6-7-2-3-8(6)4-5-9;/h2-3,5H,4H2,1H3;1H. The summed E-state index contributed by atoms with van der Waals surface area (Å²) in [5.74, 6) is 0.877. The fourth-order valence-electron chi connectivity index (χ4n) is 0.677. The van der Waals surface area contributed by atoms with E-state index < -0.39 is 0 Å². The van der Waals surface area contributed by atoms with Crippen LogP contribution >= 0.6 is 12.4 Å². The minimum atomic E-state index is 0. The van der Waals surface area contributed by atoms with E-state index in [1.807, 2.05) is 6.92 Å². The molecule has 0 saturated heterocycles. The number of imidazole rings is 1. The summed E-state index contributed by atoms with van der Waals surface area (Å²) in [5, 5.41) is 0. The van der Waals surface area contributed by atoms with Crippen molar-refractivity contribution in [3.05, 3.63) is 18.2 Å². The van der Waals surface area contributed by atoms with Gasteiger partial charge in [0.1, 0.15) is 12.1 Å². The summed E-state index contributed by atoms with van der Waals surface area (Å²) in [6.07, 6.45) is 4.32. The van der Waals surface area contributed by atoms with Crippen LogP contribution in [0.3, 0.4) is 0 Å². The van der Waals surface area contributed by atoms with Crippen molar-refractivity contribution in [2.45, 2.75) is 13.5 Å². The molecule has 56 valence electrons. The number of aldehydes is 1. The van der Waals surface area contributed by atoms with Gasteiger partial charge < -0.3 is 9.36 Å². The molecule has 0 aliphatic rings. The van der Waals surface area contributed by atoms with Gasteiger partial charge in [0.05, 0.1) is 6.54 Å². The highest BCUT2D eigenvalue weighted by atomic mass is 35.5. The number of carbonyl (C=O) groups is 1. The highest BCUT2D eigenvalue weighted by molar-refractivity contribution is 5.85. The van der Waals surface area contributed by atoms with E-state index >= 15 is 0 Å². The van der Waals surface area contributed by atoms with E-state index in [1.165, 1.54) is 0 Å². The van der Waals surface area contributed by atoms with E-state index in [1.54, 1.807) is 17.0 Å². The first-order valence-electron chi connectivity index (χ1n) is 2.76. The molecule has 10 heavy (non-hydrogen) atoms. The van der Waals surface area contributed by atoms with Crippen LogP contribution in [0.4, 0.5) is 0 Å². The fraction of sp³-hybridized carbons (Fsp3) is 0.333. The summed E-state index contributed by atoms with van der Waals surface area (Å²) >= 11 is 0. The SMILES string of the molecule is Cc1nccn1CC=O.Cl. The highest BCUT2D eigenvalue weighted by Gasteiger charge is 1.91. The van der Waals surface area contributed by atoms with Gasteiger partial charge in [-0.25, -0.2) is 4.98 Å². The van der Waals surface area contributed by atoms with Gasteiger partial charge in [0.25, 0.3) is 0 Å². The molecule has 0 amide bonds. The van der Waals surface area contributed by atoms with E-state index in [4.69, 9.17) is 0 Å². The highest BCUT2D eigenvalue weighted by Crippen LogP contribution is 1.91. The third-order valence-corrected chi connectivity index (χ3v) is 1.19. The van der Waals surface area contributed by atoms with Crippen LogP contribution in [-0.4, -0.2) is 15.8 Å². The minimum absolute atomic E-state index is 0. The molecule has 0 aromatic carbocycles. The summed E-state index contributed by atoms with van der Waals surface area (Å²) in [6.45, 7) is 2.27. The van der Waals surface area contributed by atoms with Gasteiger partial charge >= 0.3 is 0 Å². The normalized spacial score (nSPS) is 8.50.